The highest BCUT2D eigenvalue weighted by Crippen LogP contribution is 2.35. The fourth-order valence-corrected chi connectivity index (χ4v) is 2.34. The van der Waals surface area contributed by atoms with Crippen molar-refractivity contribution in [2.45, 2.75) is 19.4 Å². The Morgan fingerprint density at radius 3 is 2.59 bits per heavy atom. The maximum absolute atomic E-state index is 11.4. The third kappa shape index (κ3) is 2.31. The van der Waals surface area contributed by atoms with E-state index in [1.807, 2.05) is 19.9 Å². The summed E-state index contributed by atoms with van der Waals surface area (Å²) in [4.78, 5) is 15.4. The summed E-state index contributed by atoms with van der Waals surface area (Å²) in [5.74, 6) is 0. The molecular weight excluding hydrogens is 282 g/mol. The van der Waals surface area contributed by atoms with Gasteiger partial charge in [-0.1, -0.05) is 6.07 Å². The summed E-state index contributed by atoms with van der Waals surface area (Å²) < 4.78 is 0. The second-order valence-electron chi connectivity index (χ2n) is 5.70. The molecule has 0 aliphatic rings. The highest BCUT2D eigenvalue weighted by molar-refractivity contribution is 5.95. The lowest BCUT2D eigenvalue weighted by atomic mass is 9.96. The van der Waals surface area contributed by atoms with Gasteiger partial charge in [-0.3, -0.25) is 20.2 Å². The second-order valence-corrected chi connectivity index (χ2v) is 5.70. The Labute approximate surface area is 126 Å². The third-order valence-corrected chi connectivity index (χ3v) is 3.56. The number of pyridine rings is 1. The summed E-state index contributed by atoms with van der Waals surface area (Å²) in [6, 6.07) is 7.02. The van der Waals surface area contributed by atoms with Gasteiger partial charge in [-0.05, 0) is 37.6 Å². The lowest BCUT2D eigenvalue weighted by Gasteiger charge is -2.18. The number of rotatable bonds is 3. The maximum atomic E-state index is 11.4. The van der Waals surface area contributed by atoms with Crippen molar-refractivity contribution in [2.75, 3.05) is 0 Å². The fourth-order valence-electron chi connectivity index (χ4n) is 2.34. The van der Waals surface area contributed by atoms with Crippen LogP contribution < -0.4 is 5.73 Å². The van der Waals surface area contributed by atoms with Crippen LogP contribution >= 0.6 is 0 Å². The average Bonchev–Trinajstić information content (AvgIpc) is 2.93. The molecule has 7 heteroatoms. The number of aromatic nitrogens is 3. The van der Waals surface area contributed by atoms with Gasteiger partial charge in [-0.15, -0.1) is 0 Å². The zero-order valence-electron chi connectivity index (χ0n) is 12.2. The first-order valence-electron chi connectivity index (χ1n) is 6.74. The molecule has 0 saturated heterocycles. The van der Waals surface area contributed by atoms with E-state index in [-0.39, 0.29) is 5.69 Å². The number of fused-ring (bicyclic) bond motifs is 1. The fraction of sp³-hybridized carbons (Fsp3) is 0.200. The van der Waals surface area contributed by atoms with Crippen LogP contribution in [0.15, 0.2) is 36.7 Å². The third-order valence-electron chi connectivity index (χ3n) is 3.56. The summed E-state index contributed by atoms with van der Waals surface area (Å²) in [6.45, 7) is 3.76. The molecular formula is C15H15N5O2. The lowest BCUT2D eigenvalue weighted by Crippen LogP contribution is -2.28. The van der Waals surface area contributed by atoms with E-state index in [0.29, 0.717) is 22.2 Å². The van der Waals surface area contributed by atoms with Crippen molar-refractivity contribution < 1.29 is 4.92 Å². The van der Waals surface area contributed by atoms with Gasteiger partial charge in [0.25, 0.3) is 5.69 Å². The predicted octanol–water partition coefficient (Wildman–Crippen LogP) is 2.73. The monoisotopic (exact) mass is 297 g/mol. The molecule has 0 spiro atoms. The topological polar surface area (TPSA) is 111 Å². The van der Waals surface area contributed by atoms with E-state index in [9.17, 15) is 10.1 Å². The van der Waals surface area contributed by atoms with Crippen molar-refractivity contribution in [3.63, 3.8) is 0 Å². The first-order chi connectivity index (χ1) is 10.4. The molecule has 0 fully saturated rings. The van der Waals surface area contributed by atoms with E-state index >= 15 is 0 Å². The Hall–Kier alpha value is -2.80. The van der Waals surface area contributed by atoms with E-state index in [1.54, 1.807) is 24.4 Å². The van der Waals surface area contributed by atoms with Gasteiger partial charge in [0.2, 0.25) is 0 Å². The van der Waals surface area contributed by atoms with Crippen LogP contribution in [0.1, 0.15) is 19.4 Å². The molecule has 0 amide bonds. The Bertz CT molecular complexity index is 846. The molecule has 7 nitrogen and oxygen atoms in total. The number of nitrogens with two attached hydrogens (primary N) is 1. The molecule has 0 saturated carbocycles. The standard InChI is InChI=1S/C15H15N5O2/c1-15(2,16)9-3-5-12(17-7-9)10-4-6-13-11(8-18-19-13)14(10)20(21)22/h3-8H,16H2,1-2H3,(H,18,19). The van der Waals surface area contributed by atoms with Crippen molar-refractivity contribution in [3.8, 4) is 11.3 Å². The van der Waals surface area contributed by atoms with Gasteiger partial charge in [0.1, 0.15) is 0 Å². The van der Waals surface area contributed by atoms with Gasteiger partial charge in [-0.2, -0.15) is 5.10 Å². The lowest BCUT2D eigenvalue weighted by molar-refractivity contribution is -0.382. The molecule has 0 radical (unpaired) electrons. The first-order valence-corrected chi connectivity index (χ1v) is 6.74. The van der Waals surface area contributed by atoms with Gasteiger partial charge in [0.05, 0.1) is 33.3 Å². The smallest absolute Gasteiger partial charge is 0.289 e. The van der Waals surface area contributed by atoms with E-state index in [1.165, 1.54) is 6.20 Å². The number of aromatic amines is 1. The van der Waals surface area contributed by atoms with Crippen LogP contribution in [0.5, 0.6) is 0 Å². The van der Waals surface area contributed by atoms with Crippen LogP contribution in [0.25, 0.3) is 22.2 Å². The molecule has 0 bridgehead atoms. The summed E-state index contributed by atoms with van der Waals surface area (Å²) in [7, 11) is 0. The minimum absolute atomic E-state index is 0.00138. The van der Waals surface area contributed by atoms with Crippen molar-refractivity contribution in [2.24, 2.45) is 5.73 Å². The Kier molecular flexibility index (Phi) is 3.14. The quantitative estimate of drug-likeness (QED) is 0.570. The molecule has 0 aliphatic carbocycles. The predicted molar refractivity (Wildman–Crippen MR) is 83.2 cm³/mol. The van der Waals surface area contributed by atoms with Crippen LogP contribution in [0, 0.1) is 10.1 Å². The Morgan fingerprint density at radius 2 is 2.00 bits per heavy atom. The molecule has 112 valence electrons. The highest BCUT2D eigenvalue weighted by Gasteiger charge is 2.22. The average molecular weight is 297 g/mol. The van der Waals surface area contributed by atoms with Crippen LogP contribution in [-0.4, -0.2) is 20.1 Å². The first kappa shape index (κ1) is 14.2. The minimum atomic E-state index is -0.508. The molecule has 0 aliphatic heterocycles. The van der Waals surface area contributed by atoms with Crippen LogP contribution in [0.2, 0.25) is 0 Å². The molecule has 3 rings (SSSR count). The summed E-state index contributed by atoms with van der Waals surface area (Å²) in [5, 5.41) is 18.5. The van der Waals surface area contributed by atoms with Crippen molar-refractivity contribution in [1.29, 1.82) is 0 Å². The zero-order chi connectivity index (χ0) is 15.9. The molecule has 1 aromatic carbocycles. The number of H-pyrrole nitrogens is 1. The van der Waals surface area contributed by atoms with Gasteiger partial charge >= 0.3 is 0 Å². The Morgan fingerprint density at radius 1 is 1.23 bits per heavy atom. The number of nitro benzene ring substituents is 1. The van der Waals surface area contributed by atoms with Crippen LogP contribution in [0.3, 0.4) is 0 Å². The number of nitrogens with zero attached hydrogens (tertiary/aromatic N) is 3. The molecule has 0 unspecified atom stereocenters. The molecule has 2 aromatic heterocycles. The van der Waals surface area contributed by atoms with Crippen molar-refractivity contribution >= 4 is 16.6 Å². The van der Waals surface area contributed by atoms with Gasteiger partial charge in [-0.25, -0.2) is 0 Å². The highest BCUT2D eigenvalue weighted by atomic mass is 16.6. The summed E-state index contributed by atoms with van der Waals surface area (Å²) >= 11 is 0. The van der Waals surface area contributed by atoms with E-state index in [4.69, 9.17) is 5.73 Å². The van der Waals surface area contributed by atoms with Crippen LogP contribution in [0.4, 0.5) is 5.69 Å². The summed E-state index contributed by atoms with van der Waals surface area (Å²) in [6.07, 6.45) is 3.10. The van der Waals surface area contributed by atoms with Gasteiger partial charge in [0, 0.05) is 11.7 Å². The normalized spacial score (nSPS) is 11.8. The maximum Gasteiger partial charge on any atom is 0.289 e. The number of nitrogens with one attached hydrogen (secondary N) is 1. The Balaban J connectivity index is 2.17. The molecule has 0 atom stereocenters. The summed E-state index contributed by atoms with van der Waals surface area (Å²) in [5.41, 5.74) is 7.99. The zero-order valence-corrected chi connectivity index (χ0v) is 12.2. The van der Waals surface area contributed by atoms with E-state index in [2.05, 4.69) is 15.2 Å². The second kappa shape index (κ2) is 4.88. The van der Waals surface area contributed by atoms with Gasteiger partial charge in [0.15, 0.2) is 0 Å². The molecule has 3 aromatic rings. The number of nitro groups is 1. The number of hydrogen-bond acceptors (Lipinski definition) is 5. The van der Waals surface area contributed by atoms with Crippen molar-refractivity contribution in [3.05, 3.63) is 52.3 Å². The number of hydrogen-bond donors (Lipinski definition) is 2. The number of benzene rings is 1. The van der Waals surface area contributed by atoms with Gasteiger partial charge < -0.3 is 5.73 Å². The van der Waals surface area contributed by atoms with Crippen LogP contribution in [-0.2, 0) is 5.54 Å². The molecule has 3 N–H and O–H groups in total. The van der Waals surface area contributed by atoms with E-state index in [0.717, 1.165) is 5.56 Å². The minimum Gasteiger partial charge on any atom is -0.322 e. The van der Waals surface area contributed by atoms with E-state index < -0.39 is 10.5 Å². The SMILES string of the molecule is CC(C)(N)c1ccc(-c2ccc3[nH]ncc3c2[N+](=O)[O-])nc1. The molecule has 22 heavy (non-hydrogen) atoms. The largest absolute Gasteiger partial charge is 0.322 e. The molecule has 2 heterocycles. The van der Waals surface area contributed by atoms with Crippen molar-refractivity contribution in [1.82, 2.24) is 15.2 Å².